The molecule has 2 rings (SSSR count). The minimum absolute atomic E-state index is 0.715. The van der Waals surface area contributed by atoms with Gasteiger partial charge in [0.25, 0.3) is 0 Å². The first kappa shape index (κ1) is 13.0. The molecule has 1 heterocycles. The standard InChI is InChI=1S/C13H17BrN4/c1-4-10-12(15)13(18(3)17-10)16-11-6-5-8(2)7-9(11)14/h5-7,16H,4,15H2,1-3H3. The molecule has 4 nitrogen and oxygen atoms in total. The van der Waals surface area contributed by atoms with Crippen LogP contribution in [0.25, 0.3) is 0 Å². The highest BCUT2D eigenvalue weighted by Crippen LogP contribution is 2.30. The van der Waals surface area contributed by atoms with Crippen LogP contribution < -0.4 is 11.1 Å². The van der Waals surface area contributed by atoms with Crippen LogP contribution in [0.5, 0.6) is 0 Å². The maximum atomic E-state index is 6.08. The van der Waals surface area contributed by atoms with Crippen molar-refractivity contribution < 1.29 is 0 Å². The number of nitrogens with one attached hydrogen (secondary N) is 1. The number of aromatic nitrogens is 2. The van der Waals surface area contributed by atoms with E-state index in [2.05, 4.69) is 45.4 Å². The Morgan fingerprint density at radius 1 is 1.44 bits per heavy atom. The van der Waals surface area contributed by atoms with Gasteiger partial charge in [0.15, 0.2) is 5.82 Å². The molecule has 2 aromatic rings. The molecular formula is C13H17BrN4. The molecule has 0 amide bonds. The van der Waals surface area contributed by atoms with Gasteiger partial charge in [0, 0.05) is 11.5 Å². The Labute approximate surface area is 115 Å². The number of aryl methyl sites for hydroxylation is 3. The summed E-state index contributed by atoms with van der Waals surface area (Å²) in [7, 11) is 1.89. The van der Waals surface area contributed by atoms with Gasteiger partial charge in [-0.1, -0.05) is 13.0 Å². The number of nitrogens with two attached hydrogens (primary N) is 1. The first-order chi connectivity index (χ1) is 8.52. The van der Waals surface area contributed by atoms with Crippen molar-refractivity contribution in [2.24, 2.45) is 7.05 Å². The van der Waals surface area contributed by atoms with Gasteiger partial charge >= 0.3 is 0 Å². The molecule has 0 radical (unpaired) electrons. The summed E-state index contributed by atoms with van der Waals surface area (Å²) in [5.41, 5.74) is 9.91. The Balaban J connectivity index is 2.37. The normalized spacial score (nSPS) is 10.7. The number of benzene rings is 1. The zero-order chi connectivity index (χ0) is 13.3. The first-order valence-electron chi connectivity index (χ1n) is 5.87. The Kier molecular flexibility index (Phi) is 3.61. The highest BCUT2D eigenvalue weighted by atomic mass is 79.9. The number of hydrogen-bond acceptors (Lipinski definition) is 3. The van der Waals surface area contributed by atoms with Crippen molar-refractivity contribution in [2.75, 3.05) is 11.1 Å². The van der Waals surface area contributed by atoms with E-state index in [-0.39, 0.29) is 0 Å². The average Bonchev–Trinajstić information content (AvgIpc) is 2.59. The lowest BCUT2D eigenvalue weighted by Gasteiger charge is -2.10. The highest BCUT2D eigenvalue weighted by Gasteiger charge is 2.12. The van der Waals surface area contributed by atoms with Gasteiger partial charge in [-0.05, 0) is 47.0 Å². The number of rotatable bonds is 3. The summed E-state index contributed by atoms with van der Waals surface area (Å²) in [6, 6.07) is 6.15. The average molecular weight is 309 g/mol. The molecule has 1 aromatic carbocycles. The molecule has 18 heavy (non-hydrogen) atoms. The highest BCUT2D eigenvalue weighted by molar-refractivity contribution is 9.10. The van der Waals surface area contributed by atoms with Crippen molar-refractivity contribution >= 4 is 33.1 Å². The van der Waals surface area contributed by atoms with E-state index < -0.39 is 0 Å². The Hall–Kier alpha value is -1.49. The summed E-state index contributed by atoms with van der Waals surface area (Å²) in [5.74, 6) is 0.830. The minimum Gasteiger partial charge on any atom is -0.394 e. The summed E-state index contributed by atoms with van der Waals surface area (Å²) in [6.07, 6.45) is 0.830. The fraction of sp³-hybridized carbons (Fsp3) is 0.308. The fourth-order valence-electron chi connectivity index (χ4n) is 1.85. The van der Waals surface area contributed by atoms with E-state index in [4.69, 9.17) is 5.73 Å². The molecule has 0 aliphatic heterocycles. The summed E-state index contributed by atoms with van der Waals surface area (Å²) in [5, 5.41) is 7.71. The summed E-state index contributed by atoms with van der Waals surface area (Å²) < 4.78 is 2.79. The van der Waals surface area contributed by atoms with Crippen molar-refractivity contribution in [3.63, 3.8) is 0 Å². The topological polar surface area (TPSA) is 55.9 Å². The van der Waals surface area contributed by atoms with Crippen molar-refractivity contribution in [3.05, 3.63) is 33.9 Å². The quantitative estimate of drug-likeness (QED) is 0.914. The number of nitrogens with zero attached hydrogens (tertiary/aromatic N) is 2. The van der Waals surface area contributed by atoms with E-state index in [1.165, 1.54) is 5.56 Å². The molecular weight excluding hydrogens is 292 g/mol. The van der Waals surface area contributed by atoms with Crippen LogP contribution in [-0.4, -0.2) is 9.78 Å². The Morgan fingerprint density at radius 3 is 2.72 bits per heavy atom. The Morgan fingerprint density at radius 2 is 2.17 bits per heavy atom. The zero-order valence-corrected chi connectivity index (χ0v) is 12.4. The zero-order valence-electron chi connectivity index (χ0n) is 10.8. The number of hydrogen-bond donors (Lipinski definition) is 2. The van der Waals surface area contributed by atoms with E-state index in [1.54, 1.807) is 4.68 Å². The fourth-order valence-corrected chi connectivity index (χ4v) is 2.45. The predicted octanol–water partition coefficient (Wildman–Crippen LogP) is 3.38. The van der Waals surface area contributed by atoms with Crippen LogP contribution in [0.4, 0.5) is 17.2 Å². The lowest BCUT2D eigenvalue weighted by molar-refractivity contribution is 0.753. The molecule has 3 N–H and O–H groups in total. The summed E-state index contributed by atoms with van der Waals surface area (Å²) >= 11 is 3.54. The van der Waals surface area contributed by atoms with Crippen molar-refractivity contribution in [2.45, 2.75) is 20.3 Å². The number of anilines is 3. The van der Waals surface area contributed by atoms with Gasteiger partial charge in [-0.2, -0.15) is 5.10 Å². The third-order valence-corrected chi connectivity index (χ3v) is 3.53. The van der Waals surface area contributed by atoms with Crippen LogP contribution in [-0.2, 0) is 13.5 Å². The van der Waals surface area contributed by atoms with E-state index >= 15 is 0 Å². The lowest BCUT2D eigenvalue weighted by atomic mass is 10.2. The molecule has 0 unspecified atom stereocenters. The smallest absolute Gasteiger partial charge is 0.152 e. The van der Waals surface area contributed by atoms with Crippen LogP contribution in [0.3, 0.4) is 0 Å². The van der Waals surface area contributed by atoms with Crippen LogP contribution in [0.15, 0.2) is 22.7 Å². The summed E-state index contributed by atoms with van der Waals surface area (Å²) in [6.45, 7) is 4.10. The van der Waals surface area contributed by atoms with Gasteiger partial charge in [-0.3, -0.25) is 4.68 Å². The molecule has 5 heteroatoms. The number of nitrogen functional groups attached to an aromatic ring is 1. The molecule has 96 valence electrons. The summed E-state index contributed by atoms with van der Waals surface area (Å²) in [4.78, 5) is 0. The number of halogens is 1. The molecule has 0 aliphatic carbocycles. The Bertz CT molecular complexity index is 575. The second-order valence-corrected chi connectivity index (χ2v) is 5.15. The van der Waals surface area contributed by atoms with E-state index in [0.29, 0.717) is 5.69 Å². The van der Waals surface area contributed by atoms with Crippen LogP contribution >= 0.6 is 15.9 Å². The lowest BCUT2D eigenvalue weighted by Crippen LogP contribution is -2.01. The second kappa shape index (κ2) is 5.02. The van der Waals surface area contributed by atoms with E-state index in [9.17, 15) is 0 Å². The van der Waals surface area contributed by atoms with Crippen LogP contribution in [0.1, 0.15) is 18.2 Å². The molecule has 1 aromatic heterocycles. The molecule has 0 bridgehead atoms. The van der Waals surface area contributed by atoms with Crippen molar-refractivity contribution in [1.82, 2.24) is 9.78 Å². The van der Waals surface area contributed by atoms with Crippen molar-refractivity contribution in [3.8, 4) is 0 Å². The van der Waals surface area contributed by atoms with Gasteiger partial charge in [0.2, 0.25) is 0 Å². The largest absolute Gasteiger partial charge is 0.394 e. The van der Waals surface area contributed by atoms with Gasteiger partial charge in [0.1, 0.15) is 0 Å². The minimum atomic E-state index is 0.715. The maximum Gasteiger partial charge on any atom is 0.152 e. The molecule has 0 saturated carbocycles. The third kappa shape index (κ3) is 2.36. The third-order valence-electron chi connectivity index (χ3n) is 2.87. The molecule has 0 spiro atoms. The molecule has 0 atom stereocenters. The first-order valence-corrected chi connectivity index (χ1v) is 6.66. The van der Waals surface area contributed by atoms with E-state index in [1.807, 2.05) is 20.0 Å². The van der Waals surface area contributed by atoms with Gasteiger partial charge < -0.3 is 11.1 Å². The molecule has 0 saturated heterocycles. The van der Waals surface area contributed by atoms with Gasteiger partial charge in [-0.15, -0.1) is 0 Å². The molecule has 0 fully saturated rings. The van der Waals surface area contributed by atoms with Crippen LogP contribution in [0, 0.1) is 6.92 Å². The van der Waals surface area contributed by atoms with E-state index in [0.717, 1.165) is 28.1 Å². The molecule has 0 aliphatic rings. The van der Waals surface area contributed by atoms with Crippen molar-refractivity contribution in [1.29, 1.82) is 0 Å². The second-order valence-electron chi connectivity index (χ2n) is 4.29. The SMILES string of the molecule is CCc1nn(C)c(Nc2ccc(C)cc2Br)c1N. The monoisotopic (exact) mass is 308 g/mol. The predicted molar refractivity (Wildman–Crippen MR) is 79.2 cm³/mol. The van der Waals surface area contributed by atoms with Crippen LogP contribution in [0.2, 0.25) is 0 Å². The maximum absolute atomic E-state index is 6.08. The van der Waals surface area contributed by atoms with Gasteiger partial charge in [-0.25, -0.2) is 0 Å². The van der Waals surface area contributed by atoms with Gasteiger partial charge in [0.05, 0.1) is 17.1 Å².